The highest BCUT2D eigenvalue weighted by Gasteiger charge is 2.57. The lowest BCUT2D eigenvalue weighted by atomic mass is 9.95. The van der Waals surface area contributed by atoms with Gasteiger partial charge < -0.3 is 18.8 Å². The van der Waals surface area contributed by atoms with Crippen LogP contribution >= 0.6 is 0 Å². The minimum atomic E-state index is -4.95. The van der Waals surface area contributed by atoms with Crippen LogP contribution in [0.15, 0.2) is 27.3 Å². The average molecular weight is 332 g/mol. The van der Waals surface area contributed by atoms with Crippen LogP contribution in [0.4, 0.5) is 13.2 Å². The summed E-state index contributed by atoms with van der Waals surface area (Å²) in [5.41, 5.74) is -3.22. The van der Waals surface area contributed by atoms with Crippen LogP contribution in [0.5, 0.6) is 0 Å². The van der Waals surface area contributed by atoms with Crippen molar-refractivity contribution >= 4 is 0 Å². The molecule has 1 aliphatic carbocycles. The van der Waals surface area contributed by atoms with Crippen LogP contribution in [0.3, 0.4) is 0 Å². The van der Waals surface area contributed by atoms with E-state index < -0.39 is 24.0 Å². The first-order valence-electron chi connectivity index (χ1n) is 7.14. The Morgan fingerprint density at radius 2 is 2.13 bits per heavy atom. The molecule has 126 valence electrons. The van der Waals surface area contributed by atoms with E-state index in [1.807, 2.05) is 0 Å². The molecule has 0 spiro atoms. The fourth-order valence-electron chi connectivity index (χ4n) is 2.22. The normalized spacial score (nSPS) is 18.6. The Balaban J connectivity index is 1.72. The lowest BCUT2D eigenvalue weighted by Crippen LogP contribution is -2.44. The second-order valence-corrected chi connectivity index (χ2v) is 5.48. The Morgan fingerprint density at radius 1 is 1.35 bits per heavy atom. The molecule has 23 heavy (non-hydrogen) atoms. The summed E-state index contributed by atoms with van der Waals surface area (Å²) in [6.45, 7) is 0.0445. The third kappa shape index (κ3) is 3.25. The van der Waals surface area contributed by atoms with Gasteiger partial charge in [0.1, 0.15) is 12.4 Å². The number of furan rings is 1. The molecule has 6 nitrogen and oxygen atoms in total. The molecular weight excluding hydrogens is 317 g/mol. The monoisotopic (exact) mass is 332 g/mol. The van der Waals surface area contributed by atoms with E-state index in [2.05, 4.69) is 10.1 Å². The molecule has 1 unspecified atom stereocenters. The maximum absolute atomic E-state index is 13.2. The number of nitrogens with zero attached hydrogens (tertiary/aromatic N) is 2. The summed E-state index contributed by atoms with van der Waals surface area (Å²) in [4.78, 5) is 3.84. The van der Waals surface area contributed by atoms with Crippen LogP contribution in [-0.2, 0) is 23.4 Å². The van der Waals surface area contributed by atoms with Gasteiger partial charge in [-0.25, -0.2) is 0 Å². The van der Waals surface area contributed by atoms with E-state index >= 15 is 0 Å². The number of ether oxygens (including phenoxy) is 1. The Kier molecular flexibility index (Phi) is 4.15. The van der Waals surface area contributed by atoms with Gasteiger partial charge in [0.15, 0.2) is 5.82 Å². The smallest absolute Gasteiger partial charge is 0.425 e. The van der Waals surface area contributed by atoms with Crippen molar-refractivity contribution in [2.24, 2.45) is 0 Å². The zero-order valence-electron chi connectivity index (χ0n) is 12.0. The van der Waals surface area contributed by atoms with Crippen molar-refractivity contribution in [3.05, 3.63) is 35.9 Å². The predicted octanol–water partition coefficient (Wildman–Crippen LogP) is 2.72. The first-order valence-corrected chi connectivity index (χ1v) is 7.14. The standard InChI is InChI=1S/C14H15F3N2O4/c15-14(16,17)13(20,10-5-2-6-21-10)7-11-18-12(23-19-11)8-22-9-3-1-4-9/h2,5-6,9,20H,1,3-4,7-8H2. The van der Waals surface area contributed by atoms with E-state index in [-0.39, 0.29) is 24.4 Å². The lowest BCUT2D eigenvalue weighted by Gasteiger charge is -2.27. The molecule has 2 aromatic rings. The Morgan fingerprint density at radius 3 is 2.70 bits per heavy atom. The predicted molar refractivity (Wildman–Crippen MR) is 69.1 cm³/mol. The molecule has 0 aromatic carbocycles. The van der Waals surface area contributed by atoms with E-state index in [1.165, 1.54) is 6.07 Å². The van der Waals surface area contributed by atoms with Gasteiger partial charge in [-0.05, 0) is 31.4 Å². The molecule has 0 aliphatic heterocycles. The number of aromatic nitrogens is 2. The first-order chi connectivity index (χ1) is 10.9. The number of halogens is 3. The van der Waals surface area contributed by atoms with Gasteiger partial charge in [-0.15, -0.1) is 0 Å². The number of aliphatic hydroxyl groups is 1. The van der Waals surface area contributed by atoms with E-state index in [9.17, 15) is 18.3 Å². The van der Waals surface area contributed by atoms with Crippen LogP contribution < -0.4 is 0 Å². The molecule has 1 fully saturated rings. The summed E-state index contributed by atoms with van der Waals surface area (Å²) in [5.74, 6) is -0.814. The quantitative estimate of drug-likeness (QED) is 0.876. The third-order valence-corrected chi connectivity index (χ3v) is 3.82. The molecule has 9 heteroatoms. The Bertz CT molecular complexity index is 637. The number of rotatable bonds is 6. The fraction of sp³-hybridized carbons (Fsp3) is 0.571. The SMILES string of the molecule is OC(Cc1noc(COC2CCC2)n1)(c1ccco1)C(F)(F)F. The number of hydrogen-bond acceptors (Lipinski definition) is 6. The van der Waals surface area contributed by atoms with Crippen molar-refractivity contribution in [3.63, 3.8) is 0 Å². The van der Waals surface area contributed by atoms with Crippen molar-refractivity contribution in [1.29, 1.82) is 0 Å². The van der Waals surface area contributed by atoms with E-state index in [1.54, 1.807) is 0 Å². The van der Waals surface area contributed by atoms with Gasteiger partial charge in [0.05, 0.1) is 18.8 Å². The summed E-state index contributed by atoms with van der Waals surface area (Å²) < 4.78 is 54.8. The van der Waals surface area contributed by atoms with Crippen molar-refractivity contribution in [2.45, 2.75) is 50.2 Å². The summed E-state index contributed by atoms with van der Waals surface area (Å²) >= 11 is 0. The molecular formula is C14H15F3N2O4. The van der Waals surface area contributed by atoms with Crippen LogP contribution in [0.1, 0.15) is 36.7 Å². The summed E-state index contributed by atoms with van der Waals surface area (Å²) in [5, 5.41) is 13.5. The second-order valence-electron chi connectivity index (χ2n) is 5.48. The molecule has 2 aromatic heterocycles. The van der Waals surface area contributed by atoms with Gasteiger partial charge in [-0.3, -0.25) is 0 Å². The van der Waals surface area contributed by atoms with Crippen LogP contribution in [0.2, 0.25) is 0 Å². The topological polar surface area (TPSA) is 81.5 Å². The van der Waals surface area contributed by atoms with Gasteiger partial charge in [0.2, 0.25) is 5.60 Å². The van der Waals surface area contributed by atoms with Crippen LogP contribution in [0.25, 0.3) is 0 Å². The largest absolute Gasteiger partial charge is 0.466 e. The van der Waals surface area contributed by atoms with Crippen LogP contribution in [0, 0.1) is 0 Å². The minimum absolute atomic E-state index is 0.0445. The van der Waals surface area contributed by atoms with E-state index in [0.717, 1.165) is 31.6 Å². The molecule has 1 N–H and O–H groups in total. The highest BCUT2D eigenvalue weighted by Crippen LogP contribution is 2.41. The van der Waals surface area contributed by atoms with Gasteiger partial charge in [-0.1, -0.05) is 5.16 Å². The molecule has 2 heterocycles. The molecule has 1 atom stereocenters. The fourth-order valence-corrected chi connectivity index (χ4v) is 2.22. The van der Waals surface area contributed by atoms with E-state index in [4.69, 9.17) is 13.7 Å². The lowest BCUT2D eigenvalue weighted by molar-refractivity contribution is -0.272. The van der Waals surface area contributed by atoms with Crippen molar-refractivity contribution in [2.75, 3.05) is 0 Å². The Hall–Kier alpha value is -1.87. The van der Waals surface area contributed by atoms with Crippen LogP contribution in [-0.4, -0.2) is 27.5 Å². The number of hydrogen-bond donors (Lipinski definition) is 1. The zero-order valence-corrected chi connectivity index (χ0v) is 12.0. The van der Waals surface area contributed by atoms with Gasteiger partial charge >= 0.3 is 6.18 Å². The second kappa shape index (κ2) is 5.97. The molecule has 0 saturated heterocycles. The maximum atomic E-state index is 13.2. The first kappa shape index (κ1) is 16.0. The summed E-state index contributed by atoms with van der Waals surface area (Å²) in [7, 11) is 0. The summed E-state index contributed by atoms with van der Waals surface area (Å²) in [6, 6.07) is 2.31. The summed E-state index contributed by atoms with van der Waals surface area (Å²) in [6.07, 6.45) is -1.66. The number of alkyl halides is 3. The zero-order chi connectivity index (χ0) is 16.5. The average Bonchev–Trinajstić information content (AvgIpc) is 3.06. The van der Waals surface area contributed by atoms with Crippen molar-refractivity contribution in [3.8, 4) is 0 Å². The third-order valence-electron chi connectivity index (χ3n) is 3.82. The molecule has 1 aliphatic rings. The van der Waals surface area contributed by atoms with Gasteiger partial charge in [-0.2, -0.15) is 18.2 Å². The van der Waals surface area contributed by atoms with Gasteiger partial charge in [0.25, 0.3) is 5.89 Å². The van der Waals surface area contributed by atoms with Crippen molar-refractivity contribution < 1.29 is 32.0 Å². The molecule has 3 rings (SSSR count). The highest BCUT2D eigenvalue weighted by atomic mass is 19.4. The molecule has 0 radical (unpaired) electrons. The molecule has 1 saturated carbocycles. The van der Waals surface area contributed by atoms with E-state index in [0.29, 0.717) is 0 Å². The maximum Gasteiger partial charge on any atom is 0.425 e. The van der Waals surface area contributed by atoms with Crippen molar-refractivity contribution in [1.82, 2.24) is 10.1 Å². The molecule has 0 bridgehead atoms. The Labute approximate surface area is 129 Å². The molecule has 0 amide bonds. The van der Waals surface area contributed by atoms with Gasteiger partial charge in [0, 0.05) is 0 Å². The minimum Gasteiger partial charge on any atom is -0.466 e. The highest BCUT2D eigenvalue weighted by molar-refractivity contribution is 5.15.